The molecule has 1 aliphatic carbocycles. The molecule has 52 heavy (non-hydrogen) atoms. The quantitative estimate of drug-likeness (QED) is 0.163. The Labute approximate surface area is 311 Å². The van der Waals surface area contributed by atoms with Crippen molar-refractivity contribution < 1.29 is 0 Å². The van der Waals surface area contributed by atoms with Crippen molar-refractivity contribution in [2.75, 3.05) is 9.80 Å². The highest BCUT2D eigenvalue weighted by molar-refractivity contribution is 7.26. The predicted molar refractivity (Wildman–Crippen MR) is 227 cm³/mol. The highest BCUT2D eigenvalue weighted by Crippen LogP contribution is 2.46. The maximum absolute atomic E-state index is 2.47. The van der Waals surface area contributed by atoms with Crippen LogP contribution in [0.3, 0.4) is 0 Å². The maximum atomic E-state index is 2.47. The van der Waals surface area contributed by atoms with Crippen molar-refractivity contribution in [3.8, 4) is 11.1 Å². The third kappa shape index (κ3) is 5.31. The number of benzene rings is 7. The summed E-state index contributed by atoms with van der Waals surface area (Å²) in [6.07, 6.45) is 8.80. The van der Waals surface area contributed by atoms with E-state index in [2.05, 4.69) is 192 Å². The fourth-order valence-corrected chi connectivity index (χ4v) is 10.1. The second-order valence-corrected chi connectivity index (χ2v) is 15.3. The first-order valence-corrected chi connectivity index (χ1v) is 19.5. The van der Waals surface area contributed by atoms with Crippen molar-refractivity contribution in [1.82, 2.24) is 0 Å². The number of fused-ring (bicyclic) bond motifs is 6. The minimum Gasteiger partial charge on any atom is -0.313 e. The van der Waals surface area contributed by atoms with Crippen molar-refractivity contribution in [3.05, 3.63) is 188 Å². The Bertz CT molecular complexity index is 2790. The molecule has 0 fully saturated rings. The van der Waals surface area contributed by atoms with Gasteiger partial charge in [-0.3, -0.25) is 0 Å². The number of thiophene rings is 2. The fraction of sp³-hybridized carbons (Fsp3) is 0.0417. The first-order valence-electron chi connectivity index (χ1n) is 17.8. The second-order valence-electron chi connectivity index (χ2n) is 13.2. The van der Waals surface area contributed by atoms with Crippen LogP contribution < -0.4 is 9.80 Å². The largest absolute Gasteiger partial charge is 0.313 e. The Morgan fingerprint density at radius 2 is 0.885 bits per heavy atom. The molecule has 2 aromatic heterocycles. The summed E-state index contributed by atoms with van der Waals surface area (Å²) < 4.78 is 5.26. The van der Waals surface area contributed by atoms with Gasteiger partial charge < -0.3 is 9.80 Å². The molecule has 7 aromatic carbocycles. The number of nitrogens with zero attached hydrogens (tertiary/aromatic N) is 2. The number of rotatable bonds is 7. The van der Waals surface area contributed by atoms with Crippen LogP contribution in [0.1, 0.15) is 12.8 Å². The molecule has 248 valence electrons. The van der Waals surface area contributed by atoms with Gasteiger partial charge in [-0.1, -0.05) is 115 Å². The van der Waals surface area contributed by atoms with Crippen LogP contribution in [-0.2, 0) is 0 Å². The zero-order valence-electron chi connectivity index (χ0n) is 28.4. The van der Waals surface area contributed by atoms with Crippen molar-refractivity contribution in [2.45, 2.75) is 12.8 Å². The van der Waals surface area contributed by atoms with Gasteiger partial charge in [-0.05, 0) is 90.7 Å². The van der Waals surface area contributed by atoms with E-state index in [0.717, 1.165) is 24.2 Å². The Hall–Kier alpha value is -5.94. The highest BCUT2D eigenvalue weighted by Gasteiger charge is 2.21. The predicted octanol–water partition coefficient (Wildman–Crippen LogP) is 14.9. The van der Waals surface area contributed by atoms with Gasteiger partial charge in [-0.25, -0.2) is 0 Å². The van der Waals surface area contributed by atoms with Crippen LogP contribution in [-0.4, -0.2) is 0 Å². The van der Waals surface area contributed by atoms with Crippen LogP contribution in [0.2, 0.25) is 0 Å². The van der Waals surface area contributed by atoms with Crippen LogP contribution in [0.5, 0.6) is 0 Å². The molecule has 0 N–H and O–H groups in total. The summed E-state index contributed by atoms with van der Waals surface area (Å²) >= 11 is 3.75. The van der Waals surface area contributed by atoms with Gasteiger partial charge in [-0.2, -0.15) is 0 Å². The van der Waals surface area contributed by atoms with E-state index in [1.54, 1.807) is 0 Å². The molecule has 2 heterocycles. The van der Waals surface area contributed by atoms with Gasteiger partial charge in [0.25, 0.3) is 0 Å². The van der Waals surface area contributed by atoms with Gasteiger partial charge in [0.15, 0.2) is 0 Å². The van der Waals surface area contributed by atoms with E-state index in [-0.39, 0.29) is 0 Å². The van der Waals surface area contributed by atoms with Crippen molar-refractivity contribution in [3.63, 3.8) is 0 Å². The molecule has 2 nitrogen and oxygen atoms in total. The standard InChI is InChI=1S/C48H34N2S2/c1-3-13-35(14-4-1)49(43-21-11-19-41-39-17-7-9-23-45(39)51-47(41)43)37-29-25-33(26-30-37)34-27-31-38(32-28-34)50(36-15-5-2-6-16-36)44-22-12-20-42-40-18-8-10-24-46(40)52-48(42)44/h1-5,7-15,17-32H,6,16H2. The number of allylic oxidation sites excluding steroid dienone is 4. The van der Waals surface area contributed by atoms with Gasteiger partial charge in [0, 0.05) is 53.7 Å². The first-order chi connectivity index (χ1) is 25.8. The minimum atomic E-state index is 1.01. The van der Waals surface area contributed by atoms with Crippen LogP contribution in [0.4, 0.5) is 28.4 Å². The van der Waals surface area contributed by atoms with Gasteiger partial charge in [-0.15, -0.1) is 22.7 Å². The topological polar surface area (TPSA) is 6.48 Å². The third-order valence-corrected chi connectivity index (χ3v) is 12.5. The molecule has 0 saturated carbocycles. The highest BCUT2D eigenvalue weighted by atomic mass is 32.1. The molecular weight excluding hydrogens is 669 g/mol. The lowest BCUT2D eigenvalue weighted by atomic mass is 10.0. The van der Waals surface area contributed by atoms with Crippen molar-refractivity contribution in [1.29, 1.82) is 0 Å². The van der Waals surface area contributed by atoms with Crippen LogP contribution in [0, 0.1) is 0 Å². The SMILES string of the molecule is C1=CCCC(N(c2ccc(-c3ccc(N(c4ccccc4)c4cccc5c4sc4ccccc45)cc3)cc2)c2cccc3c2sc2ccccc23)=C1. The van der Waals surface area contributed by atoms with Crippen LogP contribution in [0.25, 0.3) is 51.5 Å². The molecule has 0 bridgehead atoms. The number of para-hydroxylation sites is 1. The monoisotopic (exact) mass is 702 g/mol. The molecule has 0 aliphatic heterocycles. The fourth-order valence-electron chi connectivity index (χ4n) is 7.66. The molecule has 0 unspecified atom stereocenters. The van der Waals surface area contributed by atoms with Gasteiger partial charge in [0.2, 0.25) is 0 Å². The summed E-state index contributed by atoms with van der Waals surface area (Å²) in [5.74, 6) is 0. The lowest BCUT2D eigenvalue weighted by Gasteiger charge is -2.29. The molecule has 0 amide bonds. The Balaban J connectivity index is 1.02. The summed E-state index contributed by atoms with van der Waals surface area (Å²) in [6.45, 7) is 0. The Kier molecular flexibility index (Phi) is 7.71. The third-order valence-electron chi connectivity index (χ3n) is 10.1. The molecule has 9 aromatic rings. The van der Waals surface area contributed by atoms with E-state index in [4.69, 9.17) is 0 Å². The number of hydrogen-bond donors (Lipinski definition) is 0. The molecule has 0 radical (unpaired) electrons. The normalized spacial score (nSPS) is 12.9. The van der Waals surface area contributed by atoms with Gasteiger partial charge in [0.05, 0.1) is 20.8 Å². The van der Waals surface area contributed by atoms with Gasteiger partial charge in [0.1, 0.15) is 0 Å². The van der Waals surface area contributed by atoms with Gasteiger partial charge >= 0.3 is 0 Å². The second kappa shape index (κ2) is 13.0. The molecule has 10 rings (SSSR count). The minimum absolute atomic E-state index is 1.01. The molecule has 0 saturated heterocycles. The van der Waals surface area contributed by atoms with E-state index < -0.39 is 0 Å². The van der Waals surface area contributed by atoms with Crippen LogP contribution in [0.15, 0.2) is 188 Å². The summed E-state index contributed by atoms with van der Waals surface area (Å²) in [7, 11) is 0. The van der Waals surface area contributed by atoms with E-state index >= 15 is 0 Å². The summed E-state index contributed by atoms with van der Waals surface area (Å²) in [5.41, 5.74) is 9.61. The molecular formula is C48H34N2S2. The van der Waals surface area contributed by atoms with Crippen LogP contribution >= 0.6 is 22.7 Å². The van der Waals surface area contributed by atoms with E-state index in [1.165, 1.54) is 74.2 Å². The van der Waals surface area contributed by atoms with Crippen molar-refractivity contribution in [2.24, 2.45) is 0 Å². The average Bonchev–Trinajstić information content (AvgIpc) is 3.79. The Morgan fingerprint density at radius 3 is 1.44 bits per heavy atom. The average molecular weight is 703 g/mol. The van der Waals surface area contributed by atoms with E-state index in [0.29, 0.717) is 0 Å². The summed E-state index contributed by atoms with van der Waals surface area (Å²) in [4.78, 5) is 4.86. The molecule has 0 spiro atoms. The van der Waals surface area contributed by atoms with Crippen molar-refractivity contribution >= 4 is 91.5 Å². The van der Waals surface area contributed by atoms with E-state index in [1.807, 2.05) is 22.7 Å². The number of anilines is 5. The molecule has 4 heteroatoms. The lowest BCUT2D eigenvalue weighted by Crippen LogP contribution is -2.17. The maximum Gasteiger partial charge on any atom is 0.0640 e. The number of hydrogen-bond acceptors (Lipinski definition) is 4. The Morgan fingerprint density at radius 1 is 0.404 bits per heavy atom. The zero-order valence-corrected chi connectivity index (χ0v) is 30.1. The molecule has 0 atom stereocenters. The molecule has 1 aliphatic rings. The summed E-state index contributed by atoms with van der Waals surface area (Å²) in [6, 6.07) is 59.8. The zero-order chi connectivity index (χ0) is 34.4. The first kappa shape index (κ1) is 30.8. The smallest absolute Gasteiger partial charge is 0.0640 e. The van der Waals surface area contributed by atoms with E-state index in [9.17, 15) is 0 Å². The lowest BCUT2D eigenvalue weighted by molar-refractivity contribution is 0.920. The summed E-state index contributed by atoms with van der Waals surface area (Å²) in [5, 5.41) is 5.26.